The summed E-state index contributed by atoms with van der Waals surface area (Å²) in [4.78, 5) is 39.2. The molecule has 0 spiro atoms. The van der Waals surface area contributed by atoms with E-state index in [4.69, 9.17) is 12.2 Å². The summed E-state index contributed by atoms with van der Waals surface area (Å²) in [7, 11) is 0. The minimum atomic E-state index is -0.752. The molecule has 0 aliphatic heterocycles. The van der Waals surface area contributed by atoms with Crippen LogP contribution in [0.5, 0.6) is 0 Å². The minimum absolute atomic E-state index is 0.126. The summed E-state index contributed by atoms with van der Waals surface area (Å²) in [5.41, 5.74) is 1.82. The molecule has 0 aromatic heterocycles. The average molecular weight is 560 g/mol. The number of fused-ring (bicyclic) bond motifs is 1. The van der Waals surface area contributed by atoms with Gasteiger partial charge in [-0.15, -0.1) is 0 Å². The summed E-state index contributed by atoms with van der Waals surface area (Å²) in [6.45, 7) is 8.20. The van der Waals surface area contributed by atoms with E-state index in [-0.39, 0.29) is 54.7 Å². The molecular formula is C33H41N3O3S. The molecule has 0 radical (unpaired) electrons. The number of Topliss-reactive ketones (excluding diaryl/α,β-unsaturated/α-hetero) is 1. The quantitative estimate of drug-likeness (QED) is 0.235. The molecule has 0 fully saturated rings. The number of ketones is 1. The van der Waals surface area contributed by atoms with Gasteiger partial charge in [-0.25, -0.2) is 0 Å². The molecule has 0 bridgehead atoms. The van der Waals surface area contributed by atoms with E-state index >= 15 is 0 Å². The first-order valence-electron chi connectivity index (χ1n) is 13.9. The normalized spacial score (nSPS) is 12.8. The van der Waals surface area contributed by atoms with Crippen LogP contribution in [0.4, 0.5) is 0 Å². The van der Waals surface area contributed by atoms with Crippen LogP contribution in [-0.4, -0.2) is 34.2 Å². The molecule has 2 atom stereocenters. The molecule has 40 heavy (non-hydrogen) atoms. The molecule has 6 nitrogen and oxygen atoms in total. The molecule has 0 heterocycles. The second kappa shape index (κ2) is 14.7. The molecule has 0 saturated carbocycles. The first-order valence-corrected chi connectivity index (χ1v) is 14.3. The number of hydrogen-bond donors (Lipinski definition) is 3. The van der Waals surface area contributed by atoms with E-state index in [1.54, 1.807) is 0 Å². The van der Waals surface area contributed by atoms with Crippen molar-refractivity contribution in [3.8, 4) is 0 Å². The van der Waals surface area contributed by atoms with Gasteiger partial charge < -0.3 is 16.0 Å². The van der Waals surface area contributed by atoms with Gasteiger partial charge in [-0.1, -0.05) is 91.9 Å². The lowest BCUT2D eigenvalue weighted by Gasteiger charge is -2.23. The van der Waals surface area contributed by atoms with Crippen molar-refractivity contribution in [1.82, 2.24) is 16.0 Å². The van der Waals surface area contributed by atoms with Gasteiger partial charge in [0.25, 0.3) is 0 Å². The zero-order chi connectivity index (χ0) is 29.1. The van der Waals surface area contributed by atoms with Gasteiger partial charge in [-0.3, -0.25) is 14.4 Å². The maximum atomic E-state index is 13.4. The molecule has 3 aromatic rings. The Labute approximate surface area is 243 Å². The number of carbonyl (C=O) groups is 3. The minimum Gasteiger partial charge on any atom is -0.375 e. The van der Waals surface area contributed by atoms with E-state index in [1.165, 1.54) is 0 Å². The Morgan fingerprint density at radius 2 is 1.52 bits per heavy atom. The third-order valence-corrected chi connectivity index (χ3v) is 7.22. The maximum absolute atomic E-state index is 13.4. The van der Waals surface area contributed by atoms with Crippen LogP contribution in [0.2, 0.25) is 0 Å². The van der Waals surface area contributed by atoms with Crippen molar-refractivity contribution < 1.29 is 14.4 Å². The monoisotopic (exact) mass is 559 g/mol. The zero-order valence-corrected chi connectivity index (χ0v) is 24.8. The number of rotatable bonds is 13. The highest BCUT2D eigenvalue weighted by Crippen LogP contribution is 2.19. The Morgan fingerprint density at radius 3 is 2.25 bits per heavy atom. The number of carbonyl (C=O) groups excluding carboxylic acids is 3. The van der Waals surface area contributed by atoms with Crippen LogP contribution in [-0.2, 0) is 27.3 Å². The fourth-order valence-corrected chi connectivity index (χ4v) is 4.73. The number of amides is 2. The highest BCUT2D eigenvalue weighted by atomic mass is 32.1. The molecule has 3 aromatic carbocycles. The summed E-state index contributed by atoms with van der Waals surface area (Å²) >= 11 is 5.64. The van der Waals surface area contributed by atoms with Crippen molar-refractivity contribution in [3.05, 3.63) is 83.9 Å². The first kappa shape index (κ1) is 31.0. The number of thiocarbonyl (C=S) groups is 1. The Morgan fingerprint density at radius 1 is 0.850 bits per heavy atom. The molecule has 3 rings (SSSR count). The summed E-state index contributed by atoms with van der Waals surface area (Å²) in [5.74, 6) is -0.699. The third-order valence-electron chi connectivity index (χ3n) is 6.67. The summed E-state index contributed by atoms with van der Waals surface area (Å²) < 4.78 is 0. The van der Waals surface area contributed by atoms with Gasteiger partial charge in [0.15, 0.2) is 5.78 Å². The van der Waals surface area contributed by atoms with Crippen LogP contribution < -0.4 is 16.0 Å². The number of hydrogen-bond acceptors (Lipinski definition) is 4. The highest BCUT2D eigenvalue weighted by Gasteiger charge is 2.25. The lowest BCUT2D eigenvalue weighted by Crippen LogP contribution is -2.44. The smallest absolute Gasteiger partial charge is 0.220 e. The lowest BCUT2D eigenvalue weighted by molar-refractivity contribution is -0.129. The van der Waals surface area contributed by atoms with Crippen LogP contribution in [0.25, 0.3) is 10.8 Å². The predicted molar refractivity (Wildman–Crippen MR) is 166 cm³/mol. The Bertz CT molecular complexity index is 1310. The number of nitrogens with one attached hydrogen (secondary N) is 3. The maximum Gasteiger partial charge on any atom is 0.220 e. The Hall–Kier alpha value is -3.58. The summed E-state index contributed by atoms with van der Waals surface area (Å²) in [6.07, 6.45) is 1.40. The standard InChI is InChI=1S/C33H41N3O3S/c1-23(32(40)34-22-26-15-10-14-25-13-8-9-16-27(25)26)21-29(37)28(18-20-31(39)36-33(2,3)4)35-30(38)19-17-24-11-6-5-7-12-24/h5-16,23,28H,17-22H2,1-4H3,(H,34,40)(H,35,38)(H,36,39)/t23-,28+/m1/s1. The van der Waals surface area contributed by atoms with Gasteiger partial charge in [0.05, 0.1) is 11.0 Å². The van der Waals surface area contributed by atoms with E-state index < -0.39 is 6.04 Å². The molecule has 7 heteroatoms. The van der Waals surface area contributed by atoms with E-state index in [9.17, 15) is 14.4 Å². The molecule has 0 aliphatic rings. The topological polar surface area (TPSA) is 87.3 Å². The molecular weight excluding hydrogens is 518 g/mol. The zero-order valence-electron chi connectivity index (χ0n) is 24.0. The second-order valence-corrected chi connectivity index (χ2v) is 11.8. The van der Waals surface area contributed by atoms with Crippen molar-refractivity contribution in [3.63, 3.8) is 0 Å². The van der Waals surface area contributed by atoms with Gasteiger partial charge in [0.2, 0.25) is 11.8 Å². The van der Waals surface area contributed by atoms with E-state index in [0.29, 0.717) is 18.0 Å². The van der Waals surface area contributed by atoms with Crippen LogP contribution >= 0.6 is 12.2 Å². The van der Waals surface area contributed by atoms with Gasteiger partial charge >= 0.3 is 0 Å². The molecule has 0 unspecified atom stereocenters. The van der Waals surface area contributed by atoms with Crippen molar-refractivity contribution in [2.45, 2.75) is 77.9 Å². The largest absolute Gasteiger partial charge is 0.375 e. The van der Waals surface area contributed by atoms with Gasteiger partial charge in [-0.05, 0) is 55.5 Å². The Balaban J connectivity index is 1.59. The molecule has 0 saturated heterocycles. The Kier molecular flexibility index (Phi) is 11.4. The number of aryl methyl sites for hydroxylation is 1. The third kappa shape index (κ3) is 10.2. The average Bonchev–Trinajstić information content (AvgIpc) is 2.92. The van der Waals surface area contributed by atoms with E-state index in [1.807, 2.05) is 76.2 Å². The highest BCUT2D eigenvalue weighted by molar-refractivity contribution is 7.80. The molecule has 0 aliphatic carbocycles. The summed E-state index contributed by atoms with van der Waals surface area (Å²) in [6, 6.07) is 23.4. The van der Waals surface area contributed by atoms with Crippen molar-refractivity contribution in [2.75, 3.05) is 0 Å². The van der Waals surface area contributed by atoms with Gasteiger partial charge in [0, 0.05) is 37.3 Å². The fraction of sp³-hybridized carbons (Fsp3) is 0.394. The molecule has 3 N–H and O–H groups in total. The van der Waals surface area contributed by atoms with E-state index in [2.05, 4.69) is 40.2 Å². The first-order chi connectivity index (χ1) is 19.0. The van der Waals surface area contributed by atoms with Crippen molar-refractivity contribution in [2.24, 2.45) is 5.92 Å². The van der Waals surface area contributed by atoms with Crippen LogP contribution in [0.1, 0.15) is 64.5 Å². The second-order valence-electron chi connectivity index (χ2n) is 11.4. The van der Waals surface area contributed by atoms with Crippen LogP contribution in [0, 0.1) is 5.92 Å². The lowest BCUT2D eigenvalue weighted by atomic mass is 9.96. The van der Waals surface area contributed by atoms with Gasteiger partial charge in [0.1, 0.15) is 0 Å². The molecule has 2 amide bonds. The van der Waals surface area contributed by atoms with E-state index in [0.717, 1.165) is 21.9 Å². The molecule has 212 valence electrons. The van der Waals surface area contributed by atoms with Crippen LogP contribution in [0.3, 0.4) is 0 Å². The van der Waals surface area contributed by atoms with Gasteiger partial charge in [-0.2, -0.15) is 0 Å². The van der Waals surface area contributed by atoms with Crippen molar-refractivity contribution >= 4 is 45.6 Å². The van der Waals surface area contributed by atoms with Crippen LogP contribution in [0.15, 0.2) is 72.8 Å². The SMILES string of the molecule is C[C@H](CC(=O)[C@H](CCC(=O)NC(C)(C)C)NC(=O)CCc1ccccc1)C(=S)NCc1cccc2ccccc12. The predicted octanol–water partition coefficient (Wildman–Crippen LogP) is 5.66. The summed E-state index contributed by atoms with van der Waals surface area (Å²) in [5, 5.41) is 11.5. The number of benzene rings is 3. The van der Waals surface area contributed by atoms with Crippen molar-refractivity contribution in [1.29, 1.82) is 0 Å². The fourth-order valence-electron chi connectivity index (χ4n) is 4.58.